The molecule has 0 aromatic rings. The molecule has 0 aliphatic heterocycles. The number of nitrogens with two attached hydrogens (primary N) is 1. The zero-order valence-electron chi connectivity index (χ0n) is 11.8. The van der Waals surface area contributed by atoms with Gasteiger partial charge in [0.25, 0.3) is 0 Å². The number of nitrogens with zero attached hydrogens (tertiary/aromatic N) is 1. The van der Waals surface area contributed by atoms with E-state index in [0.717, 1.165) is 38.8 Å². The Morgan fingerprint density at radius 2 is 2.06 bits per heavy atom. The lowest BCUT2D eigenvalue weighted by molar-refractivity contribution is 0.0530. The Labute approximate surface area is 107 Å². The standard InChI is InChI=1S/C14H30N2O/c1-4-16(8-9-17-5-2)14-10-12(3)6-7-13(14)11-15/h12-14H,4-11,15H2,1-3H3. The Hall–Kier alpha value is -0.120. The first-order chi connectivity index (χ1) is 8.22. The van der Waals surface area contributed by atoms with Gasteiger partial charge >= 0.3 is 0 Å². The smallest absolute Gasteiger partial charge is 0.0593 e. The minimum Gasteiger partial charge on any atom is -0.380 e. The minimum atomic E-state index is 0.675. The van der Waals surface area contributed by atoms with E-state index in [0.29, 0.717) is 12.0 Å². The van der Waals surface area contributed by atoms with E-state index in [4.69, 9.17) is 10.5 Å². The second-order valence-electron chi connectivity index (χ2n) is 5.31. The van der Waals surface area contributed by atoms with E-state index in [1.807, 2.05) is 0 Å². The summed E-state index contributed by atoms with van der Waals surface area (Å²) in [5, 5.41) is 0. The van der Waals surface area contributed by atoms with Crippen LogP contribution in [0.1, 0.15) is 40.0 Å². The lowest BCUT2D eigenvalue weighted by atomic mass is 9.78. The van der Waals surface area contributed by atoms with Crippen LogP contribution in [0.2, 0.25) is 0 Å². The van der Waals surface area contributed by atoms with E-state index >= 15 is 0 Å². The van der Waals surface area contributed by atoms with Crippen LogP contribution < -0.4 is 5.73 Å². The minimum absolute atomic E-state index is 0.675. The summed E-state index contributed by atoms with van der Waals surface area (Å²) in [6.07, 6.45) is 3.96. The first-order valence-electron chi connectivity index (χ1n) is 7.24. The van der Waals surface area contributed by atoms with Crippen molar-refractivity contribution in [3.05, 3.63) is 0 Å². The third-order valence-electron chi connectivity index (χ3n) is 4.12. The molecule has 0 saturated heterocycles. The molecule has 0 spiro atoms. The fourth-order valence-corrected chi connectivity index (χ4v) is 3.02. The molecule has 102 valence electrons. The average Bonchev–Trinajstić information content (AvgIpc) is 2.35. The molecule has 1 aliphatic rings. The Morgan fingerprint density at radius 3 is 2.65 bits per heavy atom. The highest BCUT2D eigenvalue weighted by atomic mass is 16.5. The van der Waals surface area contributed by atoms with Gasteiger partial charge in [0.2, 0.25) is 0 Å². The van der Waals surface area contributed by atoms with Crippen LogP contribution in [0.25, 0.3) is 0 Å². The molecule has 1 rings (SSSR count). The van der Waals surface area contributed by atoms with Crippen LogP contribution in [-0.4, -0.2) is 43.8 Å². The van der Waals surface area contributed by atoms with Crippen LogP contribution in [0.3, 0.4) is 0 Å². The van der Waals surface area contributed by atoms with Crippen molar-refractivity contribution in [3.8, 4) is 0 Å². The third-order valence-corrected chi connectivity index (χ3v) is 4.12. The summed E-state index contributed by atoms with van der Waals surface area (Å²) in [6.45, 7) is 11.4. The Bertz CT molecular complexity index is 199. The quantitative estimate of drug-likeness (QED) is 0.695. The van der Waals surface area contributed by atoms with E-state index in [1.54, 1.807) is 0 Å². The molecule has 2 N–H and O–H groups in total. The van der Waals surface area contributed by atoms with Crippen molar-refractivity contribution in [2.75, 3.05) is 32.8 Å². The molecule has 1 aliphatic carbocycles. The molecule has 3 atom stereocenters. The van der Waals surface area contributed by atoms with E-state index in [1.165, 1.54) is 19.3 Å². The summed E-state index contributed by atoms with van der Waals surface area (Å²) < 4.78 is 5.48. The fourth-order valence-electron chi connectivity index (χ4n) is 3.02. The lowest BCUT2D eigenvalue weighted by Crippen LogP contribution is -2.47. The average molecular weight is 242 g/mol. The van der Waals surface area contributed by atoms with Gasteiger partial charge in [-0.2, -0.15) is 0 Å². The molecule has 3 heteroatoms. The third kappa shape index (κ3) is 4.57. The first kappa shape index (κ1) is 14.9. The van der Waals surface area contributed by atoms with Crippen molar-refractivity contribution >= 4 is 0 Å². The molecule has 0 amide bonds. The number of hydrogen-bond donors (Lipinski definition) is 1. The van der Waals surface area contributed by atoms with E-state index in [-0.39, 0.29) is 0 Å². The Morgan fingerprint density at radius 1 is 1.29 bits per heavy atom. The van der Waals surface area contributed by atoms with Gasteiger partial charge in [0.15, 0.2) is 0 Å². The topological polar surface area (TPSA) is 38.5 Å². The lowest BCUT2D eigenvalue weighted by Gasteiger charge is -2.41. The van der Waals surface area contributed by atoms with Gasteiger partial charge in [-0.05, 0) is 44.7 Å². The van der Waals surface area contributed by atoms with E-state index in [9.17, 15) is 0 Å². The predicted molar refractivity (Wildman–Crippen MR) is 73.1 cm³/mol. The van der Waals surface area contributed by atoms with Crippen LogP contribution in [0.4, 0.5) is 0 Å². The fraction of sp³-hybridized carbons (Fsp3) is 1.00. The summed E-state index contributed by atoms with van der Waals surface area (Å²) in [7, 11) is 0. The normalized spacial score (nSPS) is 29.8. The van der Waals surface area contributed by atoms with Crippen LogP contribution in [0.5, 0.6) is 0 Å². The van der Waals surface area contributed by atoms with Gasteiger partial charge in [-0.3, -0.25) is 4.90 Å². The first-order valence-corrected chi connectivity index (χ1v) is 7.24. The summed E-state index contributed by atoms with van der Waals surface area (Å²) in [5.74, 6) is 1.54. The van der Waals surface area contributed by atoms with Crippen LogP contribution in [0.15, 0.2) is 0 Å². The monoisotopic (exact) mass is 242 g/mol. The maximum absolute atomic E-state index is 5.93. The van der Waals surface area contributed by atoms with Crippen molar-refractivity contribution in [1.82, 2.24) is 4.90 Å². The molecule has 0 heterocycles. The zero-order chi connectivity index (χ0) is 12.7. The van der Waals surface area contributed by atoms with E-state index < -0.39 is 0 Å². The molecule has 0 aromatic heterocycles. The van der Waals surface area contributed by atoms with Gasteiger partial charge in [0.05, 0.1) is 6.61 Å². The van der Waals surface area contributed by atoms with E-state index in [2.05, 4.69) is 25.7 Å². The maximum Gasteiger partial charge on any atom is 0.0593 e. The number of ether oxygens (including phenoxy) is 1. The molecular weight excluding hydrogens is 212 g/mol. The molecule has 1 fully saturated rings. The highest BCUT2D eigenvalue weighted by Crippen LogP contribution is 2.31. The Kier molecular flexibility index (Phi) is 7.09. The van der Waals surface area contributed by atoms with Gasteiger partial charge < -0.3 is 10.5 Å². The number of likely N-dealkylation sites (N-methyl/N-ethyl adjacent to an activating group) is 1. The molecule has 0 aromatic carbocycles. The maximum atomic E-state index is 5.93. The van der Waals surface area contributed by atoms with Gasteiger partial charge in [-0.25, -0.2) is 0 Å². The van der Waals surface area contributed by atoms with Crippen molar-refractivity contribution in [3.63, 3.8) is 0 Å². The summed E-state index contributed by atoms with van der Waals surface area (Å²) >= 11 is 0. The van der Waals surface area contributed by atoms with Crippen LogP contribution in [0, 0.1) is 11.8 Å². The van der Waals surface area contributed by atoms with Crippen LogP contribution >= 0.6 is 0 Å². The second-order valence-corrected chi connectivity index (χ2v) is 5.31. The molecular formula is C14H30N2O. The molecule has 1 saturated carbocycles. The molecule has 17 heavy (non-hydrogen) atoms. The molecule has 0 bridgehead atoms. The Balaban J connectivity index is 2.50. The van der Waals surface area contributed by atoms with Gasteiger partial charge in [0, 0.05) is 19.2 Å². The van der Waals surface area contributed by atoms with Crippen molar-refractivity contribution < 1.29 is 4.74 Å². The zero-order valence-corrected chi connectivity index (χ0v) is 11.8. The predicted octanol–water partition coefficient (Wildman–Crippen LogP) is 2.11. The SMILES string of the molecule is CCOCCN(CC)C1CC(C)CCC1CN. The van der Waals surface area contributed by atoms with Gasteiger partial charge in [-0.1, -0.05) is 20.3 Å². The number of rotatable bonds is 7. The summed E-state index contributed by atoms with van der Waals surface area (Å²) in [6, 6.07) is 0.675. The van der Waals surface area contributed by atoms with Crippen molar-refractivity contribution in [2.24, 2.45) is 17.6 Å². The number of hydrogen-bond acceptors (Lipinski definition) is 3. The van der Waals surface area contributed by atoms with Crippen molar-refractivity contribution in [1.29, 1.82) is 0 Å². The molecule has 3 nitrogen and oxygen atoms in total. The highest BCUT2D eigenvalue weighted by molar-refractivity contribution is 4.86. The summed E-state index contributed by atoms with van der Waals surface area (Å²) in [4.78, 5) is 2.57. The highest BCUT2D eigenvalue weighted by Gasteiger charge is 2.31. The van der Waals surface area contributed by atoms with Gasteiger partial charge in [-0.15, -0.1) is 0 Å². The van der Waals surface area contributed by atoms with Crippen molar-refractivity contribution in [2.45, 2.75) is 46.1 Å². The molecule has 3 unspecified atom stereocenters. The molecule has 0 radical (unpaired) electrons. The largest absolute Gasteiger partial charge is 0.380 e. The van der Waals surface area contributed by atoms with Crippen LogP contribution in [-0.2, 0) is 4.74 Å². The second kappa shape index (κ2) is 8.06. The summed E-state index contributed by atoms with van der Waals surface area (Å²) in [5.41, 5.74) is 5.93. The van der Waals surface area contributed by atoms with Gasteiger partial charge in [0.1, 0.15) is 0 Å².